The van der Waals surface area contributed by atoms with Crippen molar-refractivity contribution >= 4 is 5.91 Å². The largest absolute Gasteiger partial charge is 0.354 e. The van der Waals surface area contributed by atoms with Crippen LogP contribution in [0.1, 0.15) is 65.2 Å². The van der Waals surface area contributed by atoms with Crippen LogP contribution in [-0.4, -0.2) is 24.5 Å². The Bertz CT molecular complexity index is 289. The smallest absolute Gasteiger partial charge is 0.240 e. The van der Waals surface area contributed by atoms with Crippen molar-refractivity contribution in [1.82, 2.24) is 10.6 Å². The molecular weight excluding hydrogens is 224 g/mol. The molecule has 3 heteroatoms. The molecule has 0 aromatic rings. The van der Waals surface area contributed by atoms with Gasteiger partial charge in [-0.1, -0.05) is 26.7 Å². The van der Waals surface area contributed by atoms with E-state index in [9.17, 15) is 4.79 Å². The van der Waals surface area contributed by atoms with Crippen molar-refractivity contribution in [2.24, 2.45) is 5.41 Å². The number of rotatable bonds is 5. The highest BCUT2D eigenvalue weighted by Crippen LogP contribution is 2.40. The van der Waals surface area contributed by atoms with Gasteiger partial charge in [0.2, 0.25) is 5.91 Å². The minimum absolute atomic E-state index is 0.238. The van der Waals surface area contributed by atoms with E-state index in [1.54, 1.807) is 0 Å². The molecule has 1 unspecified atom stereocenters. The van der Waals surface area contributed by atoms with Crippen LogP contribution in [0.15, 0.2) is 0 Å². The Morgan fingerprint density at radius 1 is 1.11 bits per heavy atom. The van der Waals surface area contributed by atoms with Crippen LogP contribution in [0.3, 0.4) is 0 Å². The average Bonchev–Trinajstić information content (AvgIpc) is 3.06. The normalized spacial score (nSPS) is 30.6. The van der Waals surface area contributed by atoms with Crippen LogP contribution < -0.4 is 10.6 Å². The Kier molecular flexibility index (Phi) is 4.31. The average molecular weight is 252 g/mol. The predicted octanol–water partition coefficient (Wildman–Crippen LogP) is 2.61. The summed E-state index contributed by atoms with van der Waals surface area (Å²) in [6.45, 7) is 6.25. The lowest BCUT2D eigenvalue weighted by atomic mass is 9.83. The van der Waals surface area contributed by atoms with Crippen LogP contribution in [0.2, 0.25) is 0 Å². The molecule has 2 N–H and O–H groups in total. The van der Waals surface area contributed by atoms with Gasteiger partial charge in [0, 0.05) is 6.54 Å². The quantitative estimate of drug-likeness (QED) is 0.789. The van der Waals surface area contributed by atoms with Crippen molar-refractivity contribution in [2.45, 2.75) is 70.8 Å². The van der Waals surface area contributed by atoms with Crippen molar-refractivity contribution in [2.75, 3.05) is 13.1 Å². The Morgan fingerprint density at radius 2 is 1.83 bits per heavy atom. The van der Waals surface area contributed by atoms with Crippen molar-refractivity contribution < 1.29 is 4.79 Å². The van der Waals surface area contributed by atoms with E-state index >= 15 is 0 Å². The number of carbonyl (C=O) groups excluding carboxylic acids is 1. The third kappa shape index (κ3) is 2.56. The zero-order chi connectivity index (χ0) is 13.1. The summed E-state index contributed by atoms with van der Waals surface area (Å²) in [4.78, 5) is 12.4. The van der Waals surface area contributed by atoms with Gasteiger partial charge in [0.25, 0.3) is 0 Å². The summed E-state index contributed by atoms with van der Waals surface area (Å²) in [5.74, 6) is 0.238. The van der Waals surface area contributed by atoms with Gasteiger partial charge >= 0.3 is 0 Å². The van der Waals surface area contributed by atoms with E-state index in [0.717, 1.165) is 32.4 Å². The number of hydrogen-bond donors (Lipinski definition) is 2. The molecule has 2 rings (SSSR count). The zero-order valence-electron chi connectivity index (χ0n) is 12.0. The number of nitrogens with one attached hydrogen (secondary N) is 2. The molecule has 18 heavy (non-hydrogen) atoms. The second-order valence-electron chi connectivity index (χ2n) is 6.21. The first-order chi connectivity index (χ1) is 8.66. The molecule has 1 aliphatic heterocycles. The fourth-order valence-electron chi connectivity index (χ4n) is 3.68. The summed E-state index contributed by atoms with van der Waals surface area (Å²) in [6.07, 6.45) is 9.46. The lowest BCUT2D eigenvalue weighted by Gasteiger charge is -2.32. The molecule has 2 fully saturated rings. The third-order valence-electron chi connectivity index (χ3n) is 5.32. The summed E-state index contributed by atoms with van der Waals surface area (Å²) in [5, 5.41) is 6.66. The van der Waals surface area contributed by atoms with E-state index in [1.807, 2.05) is 0 Å². The van der Waals surface area contributed by atoms with Crippen molar-refractivity contribution in [3.8, 4) is 0 Å². The van der Waals surface area contributed by atoms with Gasteiger partial charge in [-0.3, -0.25) is 4.79 Å². The predicted molar refractivity (Wildman–Crippen MR) is 74.5 cm³/mol. The SMILES string of the molecule is CCC1(CNC(=O)C2(CC)CCCN2)CCCC1. The first kappa shape index (κ1) is 13.9. The second kappa shape index (κ2) is 5.60. The molecule has 1 aliphatic carbocycles. The van der Waals surface area contributed by atoms with E-state index in [0.29, 0.717) is 5.41 Å². The van der Waals surface area contributed by atoms with E-state index in [4.69, 9.17) is 0 Å². The summed E-state index contributed by atoms with van der Waals surface area (Å²) in [6, 6.07) is 0. The van der Waals surface area contributed by atoms with E-state index in [1.165, 1.54) is 32.1 Å². The molecule has 3 nitrogen and oxygen atoms in total. The van der Waals surface area contributed by atoms with Gasteiger partial charge < -0.3 is 10.6 Å². The van der Waals surface area contributed by atoms with E-state index in [-0.39, 0.29) is 11.4 Å². The van der Waals surface area contributed by atoms with Gasteiger partial charge in [-0.2, -0.15) is 0 Å². The number of amides is 1. The summed E-state index contributed by atoms with van der Waals surface area (Å²) < 4.78 is 0. The van der Waals surface area contributed by atoms with E-state index in [2.05, 4.69) is 24.5 Å². The van der Waals surface area contributed by atoms with Gasteiger partial charge in [0.15, 0.2) is 0 Å². The number of carbonyl (C=O) groups is 1. The Morgan fingerprint density at radius 3 is 2.33 bits per heavy atom. The summed E-state index contributed by atoms with van der Waals surface area (Å²) >= 11 is 0. The van der Waals surface area contributed by atoms with Crippen LogP contribution in [0.25, 0.3) is 0 Å². The molecule has 0 aromatic carbocycles. The molecule has 2 aliphatic rings. The maximum atomic E-state index is 12.4. The molecule has 1 amide bonds. The first-order valence-corrected chi connectivity index (χ1v) is 7.70. The van der Waals surface area contributed by atoms with Crippen LogP contribution in [0.5, 0.6) is 0 Å². The fraction of sp³-hybridized carbons (Fsp3) is 0.933. The molecule has 104 valence electrons. The molecule has 1 atom stereocenters. The van der Waals surface area contributed by atoms with Gasteiger partial charge in [-0.05, 0) is 50.5 Å². The molecule has 1 heterocycles. The molecule has 0 aromatic heterocycles. The van der Waals surface area contributed by atoms with Gasteiger partial charge in [0.05, 0.1) is 5.54 Å². The maximum absolute atomic E-state index is 12.4. The van der Waals surface area contributed by atoms with Crippen molar-refractivity contribution in [1.29, 1.82) is 0 Å². The Balaban J connectivity index is 1.91. The molecule has 1 saturated heterocycles. The Labute approximate surface area is 111 Å². The lowest BCUT2D eigenvalue weighted by molar-refractivity contribution is -0.127. The monoisotopic (exact) mass is 252 g/mol. The number of hydrogen-bond acceptors (Lipinski definition) is 2. The molecule has 0 spiro atoms. The van der Waals surface area contributed by atoms with Gasteiger partial charge in [0.1, 0.15) is 0 Å². The molecular formula is C15H28N2O. The summed E-state index contributed by atoms with van der Waals surface area (Å²) in [7, 11) is 0. The first-order valence-electron chi connectivity index (χ1n) is 7.70. The van der Waals surface area contributed by atoms with Crippen LogP contribution >= 0.6 is 0 Å². The van der Waals surface area contributed by atoms with Gasteiger partial charge in [-0.25, -0.2) is 0 Å². The van der Waals surface area contributed by atoms with Crippen LogP contribution in [0, 0.1) is 5.41 Å². The minimum atomic E-state index is -0.270. The Hall–Kier alpha value is -0.570. The van der Waals surface area contributed by atoms with E-state index < -0.39 is 0 Å². The molecule has 0 bridgehead atoms. The van der Waals surface area contributed by atoms with Gasteiger partial charge in [-0.15, -0.1) is 0 Å². The topological polar surface area (TPSA) is 41.1 Å². The second-order valence-corrected chi connectivity index (χ2v) is 6.21. The lowest BCUT2D eigenvalue weighted by Crippen LogP contribution is -2.54. The summed E-state index contributed by atoms with van der Waals surface area (Å²) in [5.41, 5.74) is 0.122. The maximum Gasteiger partial charge on any atom is 0.240 e. The molecule has 1 saturated carbocycles. The fourth-order valence-corrected chi connectivity index (χ4v) is 3.68. The molecule has 0 radical (unpaired) electrons. The minimum Gasteiger partial charge on any atom is -0.354 e. The standard InChI is InChI=1S/C15H28N2O/c1-3-14(8-5-6-9-14)12-16-13(18)15(4-2)10-7-11-17-15/h17H,3-12H2,1-2H3,(H,16,18). The van der Waals surface area contributed by atoms with Crippen LogP contribution in [-0.2, 0) is 4.79 Å². The highest BCUT2D eigenvalue weighted by molar-refractivity contribution is 5.86. The highest BCUT2D eigenvalue weighted by Gasteiger charge is 2.40. The zero-order valence-corrected chi connectivity index (χ0v) is 12.0. The van der Waals surface area contributed by atoms with Crippen LogP contribution in [0.4, 0.5) is 0 Å². The van der Waals surface area contributed by atoms with Crippen molar-refractivity contribution in [3.63, 3.8) is 0 Å². The third-order valence-corrected chi connectivity index (χ3v) is 5.32. The van der Waals surface area contributed by atoms with Crippen molar-refractivity contribution in [3.05, 3.63) is 0 Å². The highest BCUT2D eigenvalue weighted by atomic mass is 16.2.